The van der Waals surface area contributed by atoms with Gasteiger partial charge in [-0.2, -0.15) is 0 Å². The molecular formula is C26H21ClN2O4. The van der Waals surface area contributed by atoms with Crippen molar-refractivity contribution in [1.82, 2.24) is 0 Å². The number of anilines is 2. The molecule has 0 saturated heterocycles. The summed E-state index contributed by atoms with van der Waals surface area (Å²) in [6, 6.07) is 18.9. The third kappa shape index (κ3) is 4.38. The van der Waals surface area contributed by atoms with Crippen molar-refractivity contribution in [2.45, 2.75) is 20.8 Å². The Bertz CT molecular complexity index is 1310. The third-order valence-electron chi connectivity index (χ3n) is 5.46. The molecule has 33 heavy (non-hydrogen) atoms. The summed E-state index contributed by atoms with van der Waals surface area (Å²) in [6.45, 7) is 5.74. The van der Waals surface area contributed by atoms with Gasteiger partial charge in [-0.15, -0.1) is 0 Å². The van der Waals surface area contributed by atoms with Crippen LogP contribution < -0.4 is 15.0 Å². The lowest BCUT2D eigenvalue weighted by Crippen LogP contribution is -2.32. The molecule has 1 heterocycles. The first-order valence-electron chi connectivity index (χ1n) is 10.3. The lowest BCUT2D eigenvalue weighted by atomic mass is 10.1. The van der Waals surface area contributed by atoms with Crippen LogP contribution in [0.25, 0.3) is 0 Å². The fraction of sp³-hybridized carbons (Fsp3) is 0.115. The Morgan fingerprint density at radius 3 is 2.21 bits per heavy atom. The first-order valence-corrected chi connectivity index (χ1v) is 10.6. The number of imide groups is 1. The molecule has 1 N–H and O–H groups in total. The number of halogens is 1. The molecule has 0 radical (unpaired) electrons. The van der Waals surface area contributed by atoms with Crippen LogP contribution in [-0.2, 0) is 9.59 Å². The van der Waals surface area contributed by atoms with Crippen molar-refractivity contribution < 1.29 is 19.1 Å². The van der Waals surface area contributed by atoms with Crippen LogP contribution >= 0.6 is 11.6 Å². The number of hydrogen-bond donors (Lipinski definition) is 1. The number of carbonyl (C=O) groups is 3. The van der Waals surface area contributed by atoms with Crippen molar-refractivity contribution in [2.24, 2.45) is 0 Å². The van der Waals surface area contributed by atoms with Gasteiger partial charge in [0.15, 0.2) is 0 Å². The van der Waals surface area contributed by atoms with Gasteiger partial charge >= 0.3 is 5.97 Å². The highest BCUT2D eigenvalue weighted by Crippen LogP contribution is 2.31. The fourth-order valence-corrected chi connectivity index (χ4v) is 3.63. The lowest BCUT2D eigenvalue weighted by Gasteiger charge is -2.17. The maximum absolute atomic E-state index is 12.9. The molecular weight excluding hydrogens is 440 g/mol. The summed E-state index contributed by atoms with van der Waals surface area (Å²) in [4.78, 5) is 39.1. The van der Waals surface area contributed by atoms with E-state index in [1.807, 2.05) is 39.0 Å². The summed E-state index contributed by atoms with van der Waals surface area (Å²) in [5.74, 6) is -1.17. The van der Waals surface area contributed by atoms with Gasteiger partial charge in [0.05, 0.1) is 11.3 Å². The number of hydrogen-bond acceptors (Lipinski definition) is 5. The number of ether oxygens (including phenoxy) is 1. The van der Waals surface area contributed by atoms with E-state index in [1.165, 1.54) is 0 Å². The summed E-state index contributed by atoms with van der Waals surface area (Å²) >= 11 is 6.20. The standard InChI is InChI=1S/C26H21ClN2O4/c1-15-8-13-20(14-17(15)3)33-26(32)18-9-11-19(12-10-18)28-23-22(27)24(30)29(25(23)31)21-7-5-4-6-16(21)2/h4-14,28H,1-3H3. The Balaban J connectivity index is 1.49. The monoisotopic (exact) mass is 460 g/mol. The quantitative estimate of drug-likeness (QED) is 0.319. The number of para-hydroxylation sites is 1. The number of nitrogens with one attached hydrogen (secondary N) is 1. The molecule has 0 bridgehead atoms. The van der Waals surface area contributed by atoms with E-state index >= 15 is 0 Å². The van der Waals surface area contributed by atoms with E-state index < -0.39 is 17.8 Å². The van der Waals surface area contributed by atoms with Crippen LogP contribution in [0.3, 0.4) is 0 Å². The Morgan fingerprint density at radius 1 is 0.848 bits per heavy atom. The van der Waals surface area contributed by atoms with Gasteiger partial charge in [-0.05, 0) is 79.9 Å². The zero-order chi connectivity index (χ0) is 23.7. The average molecular weight is 461 g/mol. The van der Waals surface area contributed by atoms with E-state index in [0.717, 1.165) is 21.6 Å². The first-order chi connectivity index (χ1) is 15.8. The third-order valence-corrected chi connectivity index (χ3v) is 5.81. The molecule has 6 nitrogen and oxygen atoms in total. The Morgan fingerprint density at radius 2 is 1.55 bits per heavy atom. The fourth-order valence-electron chi connectivity index (χ4n) is 3.42. The van der Waals surface area contributed by atoms with Crippen LogP contribution in [0.15, 0.2) is 77.5 Å². The van der Waals surface area contributed by atoms with Gasteiger partial charge in [0.2, 0.25) is 0 Å². The van der Waals surface area contributed by atoms with E-state index in [0.29, 0.717) is 22.7 Å². The second-order valence-electron chi connectivity index (χ2n) is 7.76. The van der Waals surface area contributed by atoms with Crippen LogP contribution in [-0.4, -0.2) is 17.8 Å². The van der Waals surface area contributed by atoms with Crippen molar-refractivity contribution in [1.29, 1.82) is 0 Å². The van der Waals surface area contributed by atoms with Crippen LogP contribution in [0.5, 0.6) is 5.75 Å². The first kappa shape index (κ1) is 22.3. The molecule has 7 heteroatoms. The number of benzene rings is 3. The highest BCUT2D eigenvalue weighted by atomic mass is 35.5. The van der Waals surface area contributed by atoms with Gasteiger partial charge in [0, 0.05) is 5.69 Å². The highest BCUT2D eigenvalue weighted by Gasteiger charge is 2.39. The van der Waals surface area contributed by atoms with Gasteiger partial charge in [0.25, 0.3) is 11.8 Å². The lowest BCUT2D eigenvalue weighted by molar-refractivity contribution is -0.120. The number of esters is 1. The maximum Gasteiger partial charge on any atom is 0.343 e. The van der Waals surface area contributed by atoms with E-state index in [-0.39, 0.29) is 10.7 Å². The normalized spacial score (nSPS) is 13.5. The molecule has 0 atom stereocenters. The number of amides is 2. The topological polar surface area (TPSA) is 75.7 Å². The predicted molar refractivity (Wildman–Crippen MR) is 127 cm³/mol. The molecule has 1 aliphatic heterocycles. The smallest absolute Gasteiger partial charge is 0.343 e. The maximum atomic E-state index is 12.9. The minimum Gasteiger partial charge on any atom is -0.423 e. The van der Waals surface area contributed by atoms with Gasteiger partial charge in [0.1, 0.15) is 16.5 Å². The summed E-state index contributed by atoms with van der Waals surface area (Å²) in [6.07, 6.45) is 0. The van der Waals surface area contributed by atoms with Crippen LogP contribution in [0, 0.1) is 20.8 Å². The van der Waals surface area contributed by atoms with Gasteiger partial charge in [-0.25, -0.2) is 9.69 Å². The second-order valence-corrected chi connectivity index (χ2v) is 8.14. The van der Waals surface area contributed by atoms with Gasteiger partial charge in [-0.3, -0.25) is 9.59 Å². The summed E-state index contributed by atoms with van der Waals surface area (Å²) < 4.78 is 5.44. The molecule has 0 fully saturated rings. The summed E-state index contributed by atoms with van der Waals surface area (Å²) in [5, 5.41) is 2.71. The molecule has 4 rings (SSSR count). The predicted octanol–water partition coefficient (Wildman–Crippen LogP) is 5.27. The van der Waals surface area contributed by atoms with E-state index in [4.69, 9.17) is 16.3 Å². The molecule has 0 aliphatic carbocycles. The van der Waals surface area contributed by atoms with Crippen molar-refractivity contribution in [2.75, 3.05) is 10.2 Å². The van der Waals surface area contributed by atoms with Crippen molar-refractivity contribution in [3.05, 3.63) is 99.7 Å². The van der Waals surface area contributed by atoms with Gasteiger partial charge in [-0.1, -0.05) is 35.9 Å². The van der Waals surface area contributed by atoms with Crippen LogP contribution in [0.2, 0.25) is 0 Å². The molecule has 2 amide bonds. The minimum atomic E-state index is -0.591. The molecule has 1 aliphatic rings. The van der Waals surface area contributed by atoms with Gasteiger partial charge < -0.3 is 10.1 Å². The van der Waals surface area contributed by atoms with E-state index in [9.17, 15) is 14.4 Å². The summed E-state index contributed by atoms with van der Waals surface area (Å²) in [5.41, 5.74) is 4.21. The number of carbonyl (C=O) groups excluding carboxylic acids is 3. The van der Waals surface area contributed by atoms with Crippen molar-refractivity contribution in [3.63, 3.8) is 0 Å². The SMILES string of the molecule is Cc1ccc(OC(=O)c2ccc(NC3=C(Cl)C(=O)N(c4ccccc4C)C3=O)cc2)cc1C. The number of aryl methyl sites for hydroxylation is 3. The van der Waals surface area contributed by atoms with E-state index in [1.54, 1.807) is 48.5 Å². The summed E-state index contributed by atoms with van der Waals surface area (Å²) in [7, 11) is 0. The number of nitrogens with zero attached hydrogens (tertiary/aromatic N) is 1. The highest BCUT2D eigenvalue weighted by molar-refractivity contribution is 6.53. The molecule has 0 saturated carbocycles. The van der Waals surface area contributed by atoms with Crippen LogP contribution in [0.4, 0.5) is 11.4 Å². The Labute approximate surface area is 196 Å². The minimum absolute atomic E-state index is 0.0182. The van der Waals surface area contributed by atoms with Crippen molar-refractivity contribution in [3.8, 4) is 5.75 Å². The second kappa shape index (κ2) is 8.92. The van der Waals surface area contributed by atoms with E-state index in [2.05, 4.69) is 5.32 Å². The molecule has 0 unspecified atom stereocenters. The molecule has 166 valence electrons. The average Bonchev–Trinajstić information content (AvgIpc) is 3.00. The zero-order valence-corrected chi connectivity index (χ0v) is 19.1. The number of rotatable bonds is 5. The molecule has 0 aromatic heterocycles. The Hall–Kier alpha value is -3.90. The largest absolute Gasteiger partial charge is 0.423 e. The molecule has 0 spiro atoms. The molecule has 3 aromatic carbocycles. The van der Waals surface area contributed by atoms with Crippen LogP contribution in [0.1, 0.15) is 27.0 Å². The zero-order valence-electron chi connectivity index (χ0n) is 18.3. The van der Waals surface area contributed by atoms with Crippen molar-refractivity contribution >= 4 is 40.8 Å². The Kier molecular flexibility index (Phi) is 6.03. The molecule has 3 aromatic rings.